The predicted octanol–water partition coefficient (Wildman–Crippen LogP) is 1.79. The van der Waals surface area contributed by atoms with Crippen LogP contribution in [0.4, 0.5) is 0 Å². The normalized spacial score (nSPS) is 12.0. The van der Waals surface area contributed by atoms with E-state index in [0.717, 1.165) is 23.3 Å². The van der Waals surface area contributed by atoms with E-state index in [4.69, 9.17) is 10.5 Å². The van der Waals surface area contributed by atoms with Gasteiger partial charge in [-0.05, 0) is 37.8 Å². The molecule has 0 heterocycles. The Morgan fingerprint density at radius 1 is 1.47 bits per heavy atom. The molecule has 0 aromatic heterocycles. The molecular weight excluding hydrogens is 240 g/mol. The molecule has 19 heavy (non-hydrogen) atoms. The number of carbonyl (C=O) groups excluding carboxylic acids is 1. The number of benzene rings is 1. The summed E-state index contributed by atoms with van der Waals surface area (Å²) in [4.78, 5) is 11.1. The molecule has 3 N–H and O–H groups in total. The molecule has 0 aliphatic heterocycles. The van der Waals surface area contributed by atoms with Crippen molar-refractivity contribution in [2.45, 2.75) is 39.2 Å². The number of carbonyl (C=O) groups is 1. The smallest absolute Gasteiger partial charge is 0.219 e. The molecule has 0 aliphatic carbocycles. The minimum absolute atomic E-state index is 0.0455. The highest BCUT2D eigenvalue weighted by Crippen LogP contribution is 2.24. The zero-order valence-electron chi connectivity index (χ0n) is 12.0. The summed E-state index contributed by atoms with van der Waals surface area (Å²) in [7, 11) is 1.64. The van der Waals surface area contributed by atoms with Gasteiger partial charge in [-0.3, -0.25) is 4.79 Å². The topological polar surface area (TPSA) is 64.3 Å². The molecular formula is C15H24N2O2. The first-order chi connectivity index (χ1) is 9.04. The van der Waals surface area contributed by atoms with Crippen LogP contribution in [0.1, 0.15) is 30.9 Å². The maximum Gasteiger partial charge on any atom is 0.219 e. The first-order valence-electron chi connectivity index (χ1n) is 6.72. The maximum absolute atomic E-state index is 11.1. The average Bonchev–Trinajstić information content (AvgIpc) is 2.36. The van der Waals surface area contributed by atoms with Crippen LogP contribution in [-0.2, 0) is 11.2 Å². The molecule has 1 aromatic rings. The number of nitrogens with two attached hydrogens (primary N) is 1. The molecule has 0 fully saturated rings. The van der Waals surface area contributed by atoms with E-state index >= 15 is 0 Å². The van der Waals surface area contributed by atoms with Crippen molar-refractivity contribution in [1.82, 2.24) is 5.32 Å². The molecule has 106 valence electrons. The summed E-state index contributed by atoms with van der Waals surface area (Å²) in [5.41, 5.74) is 8.09. The standard InChI is InChI=1S/C15H24N2O2/c1-11-6-4-7-13(10-12(2)16)15(11)19-9-5-8-14(18)17-3/h4,6-7,12H,5,8-10,16H2,1-3H3,(H,17,18). The lowest BCUT2D eigenvalue weighted by molar-refractivity contribution is -0.120. The minimum Gasteiger partial charge on any atom is -0.493 e. The lowest BCUT2D eigenvalue weighted by Gasteiger charge is -2.15. The highest BCUT2D eigenvalue weighted by Gasteiger charge is 2.09. The second kappa shape index (κ2) is 7.79. The molecule has 0 bridgehead atoms. The quantitative estimate of drug-likeness (QED) is 0.738. The van der Waals surface area contributed by atoms with Gasteiger partial charge < -0.3 is 15.8 Å². The summed E-state index contributed by atoms with van der Waals surface area (Å²) in [6, 6.07) is 6.20. The molecule has 0 saturated carbocycles. The van der Waals surface area contributed by atoms with E-state index in [2.05, 4.69) is 5.32 Å². The zero-order valence-corrected chi connectivity index (χ0v) is 12.0. The number of hydrogen-bond donors (Lipinski definition) is 2. The fraction of sp³-hybridized carbons (Fsp3) is 0.533. The van der Waals surface area contributed by atoms with Crippen molar-refractivity contribution in [3.63, 3.8) is 0 Å². The molecule has 1 atom stereocenters. The van der Waals surface area contributed by atoms with Crippen LogP contribution in [0.3, 0.4) is 0 Å². The third-order valence-corrected chi connectivity index (χ3v) is 2.91. The number of amides is 1. The second-order valence-electron chi connectivity index (χ2n) is 4.87. The van der Waals surface area contributed by atoms with Crippen LogP contribution in [0.25, 0.3) is 0 Å². The number of para-hydroxylation sites is 1. The van der Waals surface area contributed by atoms with Gasteiger partial charge in [0, 0.05) is 19.5 Å². The van der Waals surface area contributed by atoms with Crippen molar-refractivity contribution in [3.8, 4) is 5.75 Å². The number of nitrogens with one attached hydrogen (secondary N) is 1. The van der Waals surface area contributed by atoms with E-state index in [1.165, 1.54) is 0 Å². The van der Waals surface area contributed by atoms with E-state index in [1.54, 1.807) is 7.05 Å². The van der Waals surface area contributed by atoms with Gasteiger partial charge in [0.05, 0.1) is 6.61 Å². The highest BCUT2D eigenvalue weighted by molar-refractivity contribution is 5.75. The van der Waals surface area contributed by atoms with Gasteiger partial charge in [0.25, 0.3) is 0 Å². The van der Waals surface area contributed by atoms with Crippen molar-refractivity contribution in [2.24, 2.45) is 5.73 Å². The molecule has 1 aromatic carbocycles. The molecule has 1 unspecified atom stereocenters. The lowest BCUT2D eigenvalue weighted by Crippen LogP contribution is -2.19. The Labute approximate surface area is 115 Å². The molecule has 1 amide bonds. The van der Waals surface area contributed by atoms with Crippen LogP contribution in [0.5, 0.6) is 5.75 Å². The van der Waals surface area contributed by atoms with E-state index in [-0.39, 0.29) is 11.9 Å². The molecule has 4 heteroatoms. The van der Waals surface area contributed by atoms with Crippen molar-refractivity contribution in [3.05, 3.63) is 29.3 Å². The maximum atomic E-state index is 11.1. The van der Waals surface area contributed by atoms with Gasteiger partial charge in [-0.25, -0.2) is 0 Å². The molecule has 1 rings (SSSR count). The van der Waals surface area contributed by atoms with Gasteiger partial charge in [-0.2, -0.15) is 0 Å². The van der Waals surface area contributed by atoms with E-state index in [0.29, 0.717) is 19.4 Å². The summed E-state index contributed by atoms with van der Waals surface area (Å²) in [5, 5.41) is 2.60. The van der Waals surface area contributed by atoms with Crippen LogP contribution in [-0.4, -0.2) is 25.6 Å². The summed E-state index contributed by atoms with van der Waals surface area (Å²) in [5.74, 6) is 0.959. The summed E-state index contributed by atoms with van der Waals surface area (Å²) >= 11 is 0. The largest absolute Gasteiger partial charge is 0.493 e. The van der Waals surface area contributed by atoms with Crippen molar-refractivity contribution < 1.29 is 9.53 Å². The summed E-state index contributed by atoms with van der Waals surface area (Å²) in [6.45, 7) is 4.56. The Morgan fingerprint density at radius 3 is 2.84 bits per heavy atom. The average molecular weight is 264 g/mol. The zero-order chi connectivity index (χ0) is 14.3. The third kappa shape index (κ3) is 5.30. The van der Waals surface area contributed by atoms with Crippen molar-refractivity contribution in [1.29, 1.82) is 0 Å². The number of rotatable bonds is 7. The molecule has 4 nitrogen and oxygen atoms in total. The van der Waals surface area contributed by atoms with Crippen LogP contribution in [0.2, 0.25) is 0 Å². The van der Waals surface area contributed by atoms with Crippen LogP contribution in [0.15, 0.2) is 18.2 Å². The monoisotopic (exact) mass is 264 g/mol. The van der Waals surface area contributed by atoms with Gasteiger partial charge in [0.15, 0.2) is 0 Å². The Balaban J connectivity index is 2.58. The highest BCUT2D eigenvalue weighted by atomic mass is 16.5. The van der Waals surface area contributed by atoms with Gasteiger partial charge >= 0.3 is 0 Å². The molecule has 0 aliphatic rings. The first kappa shape index (κ1) is 15.5. The SMILES string of the molecule is CNC(=O)CCCOc1c(C)cccc1CC(C)N. The fourth-order valence-corrected chi connectivity index (χ4v) is 1.96. The Kier molecular flexibility index (Phi) is 6.36. The Hall–Kier alpha value is -1.55. The number of aryl methyl sites for hydroxylation is 1. The molecule has 0 spiro atoms. The second-order valence-corrected chi connectivity index (χ2v) is 4.87. The minimum atomic E-state index is 0.0455. The van der Waals surface area contributed by atoms with Gasteiger partial charge in [0.1, 0.15) is 5.75 Å². The van der Waals surface area contributed by atoms with E-state index in [1.807, 2.05) is 32.0 Å². The van der Waals surface area contributed by atoms with Crippen LogP contribution < -0.4 is 15.8 Å². The Morgan fingerprint density at radius 2 is 2.21 bits per heavy atom. The van der Waals surface area contributed by atoms with E-state index in [9.17, 15) is 4.79 Å². The lowest BCUT2D eigenvalue weighted by atomic mass is 10.0. The molecule has 0 radical (unpaired) electrons. The predicted molar refractivity (Wildman–Crippen MR) is 77.3 cm³/mol. The van der Waals surface area contributed by atoms with Crippen molar-refractivity contribution >= 4 is 5.91 Å². The van der Waals surface area contributed by atoms with Gasteiger partial charge in [-0.1, -0.05) is 18.2 Å². The van der Waals surface area contributed by atoms with Crippen molar-refractivity contribution in [2.75, 3.05) is 13.7 Å². The number of ether oxygens (including phenoxy) is 1. The van der Waals surface area contributed by atoms with Crippen LogP contribution >= 0.6 is 0 Å². The van der Waals surface area contributed by atoms with E-state index < -0.39 is 0 Å². The van der Waals surface area contributed by atoms with Gasteiger partial charge in [-0.15, -0.1) is 0 Å². The summed E-state index contributed by atoms with van der Waals surface area (Å²) < 4.78 is 5.83. The third-order valence-electron chi connectivity index (χ3n) is 2.91. The fourth-order valence-electron chi connectivity index (χ4n) is 1.96. The van der Waals surface area contributed by atoms with Crippen LogP contribution in [0, 0.1) is 6.92 Å². The number of hydrogen-bond acceptors (Lipinski definition) is 3. The Bertz CT molecular complexity index is 417. The first-order valence-corrected chi connectivity index (χ1v) is 6.72. The molecule has 0 saturated heterocycles. The van der Waals surface area contributed by atoms with Gasteiger partial charge in [0.2, 0.25) is 5.91 Å². The summed E-state index contributed by atoms with van der Waals surface area (Å²) in [6.07, 6.45) is 2.00.